The van der Waals surface area contributed by atoms with Crippen LogP contribution in [0.3, 0.4) is 0 Å². The van der Waals surface area contributed by atoms with E-state index in [0.717, 1.165) is 0 Å². The summed E-state index contributed by atoms with van der Waals surface area (Å²) < 4.78 is 143. The SMILES string of the molecule is CCCCCCS(=O)(=O)C(S(=O)(=O)OC(F)(F)F)S(=O)(=O)OC(F)(F)F. The molecule has 0 aliphatic carbocycles. The van der Waals surface area contributed by atoms with Crippen LogP contribution >= 0.6 is 0 Å². The fraction of sp³-hybridized carbons (Fsp3) is 1.00. The number of halogens is 6. The first-order chi connectivity index (χ1) is 11.3. The summed E-state index contributed by atoms with van der Waals surface area (Å²) in [7, 11) is -18.9. The Morgan fingerprint density at radius 3 is 1.42 bits per heavy atom. The van der Waals surface area contributed by atoms with Crippen molar-refractivity contribution < 1.29 is 60.0 Å². The largest absolute Gasteiger partial charge is 0.537 e. The minimum atomic E-state index is -6.64. The van der Waals surface area contributed by atoms with E-state index in [4.69, 9.17) is 0 Å². The van der Waals surface area contributed by atoms with Crippen molar-refractivity contribution in [3.05, 3.63) is 0 Å². The summed E-state index contributed by atoms with van der Waals surface area (Å²) in [5.74, 6) is -1.32. The van der Waals surface area contributed by atoms with E-state index >= 15 is 0 Å². The van der Waals surface area contributed by atoms with Gasteiger partial charge in [0.15, 0.2) is 9.84 Å². The van der Waals surface area contributed by atoms with Crippen LogP contribution in [-0.2, 0) is 38.4 Å². The third-order valence-corrected chi connectivity index (χ3v) is 10.3. The maximum absolute atomic E-state index is 12.1. The zero-order chi connectivity index (χ0) is 21.0. The lowest BCUT2D eigenvalue weighted by atomic mass is 10.2. The molecule has 26 heavy (non-hydrogen) atoms. The smallest absolute Gasteiger partial charge is 0.226 e. The molecule has 0 atom stereocenters. The molecule has 0 amide bonds. The Kier molecular flexibility index (Phi) is 8.36. The van der Waals surface area contributed by atoms with Crippen molar-refractivity contribution in [3.8, 4) is 0 Å². The van der Waals surface area contributed by atoms with Crippen LogP contribution in [-0.4, -0.2) is 47.6 Å². The van der Waals surface area contributed by atoms with Gasteiger partial charge < -0.3 is 0 Å². The van der Waals surface area contributed by atoms with Crippen molar-refractivity contribution in [2.75, 3.05) is 5.75 Å². The predicted molar refractivity (Wildman–Crippen MR) is 73.8 cm³/mol. The summed E-state index contributed by atoms with van der Waals surface area (Å²) in [6, 6.07) is 0. The Morgan fingerprint density at radius 2 is 1.12 bits per heavy atom. The molecule has 0 aliphatic heterocycles. The molecule has 0 saturated heterocycles. The molecule has 0 unspecified atom stereocenters. The van der Waals surface area contributed by atoms with Crippen molar-refractivity contribution in [2.24, 2.45) is 0 Å². The third-order valence-electron chi connectivity index (χ3n) is 2.47. The van der Waals surface area contributed by atoms with E-state index in [0.29, 0.717) is 12.8 Å². The van der Waals surface area contributed by atoms with Gasteiger partial charge in [0.1, 0.15) is 0 Å². The Bertz CT molecular complexity index is 719. The van der Waals surface area contributed by atoms with Crippen molar-refractivity contribution in [1.82, 2.24) is 0 Å². The van der Waals surface area contributed by atoms with Gasteiger partial charge in [0, 0.05) is 0 Å². The standard InChI is InChI=1S/C9H14F6O8S3/c1-2-3-4-5-6-24(16,17)7(25(18,19)22-8(10,11)12)26(20,21)23-9(13,14)15/h7H,2-6H2,1H3. The molecular formula is C9H14F6O8S3. The van der Waals surface area contributed by atoms with Gasteiger partial charge in [-0.25, -0.2) is 8.42 Å². The van der Waals surface area contributed by atoms with Crippen LogP contribution in [0.1, 0.15) is 32.6 Å². The average molecular weight is 460 g/mol. The Morgan fingerprint density at radius 1 is 0.731 bits per heavy atom. The molecule has 0 fully saturated rings. The maximum Gasteiger partial charge on any atom is 0.537 e. The summed E-state index contributed by atoms with van der Waals surface area (Å²) in [6.45, 7) is 1.68. The highest BCUT2D eigenvalue weighted by Crippen LogP contribution is 2.31. The molecule has 17 heteroatoms. The van der Waals surface area contributed by atoms with Gasteiger partial charge >= 0.3 is 36.9 Å². The number of hydrogen-bond acceptors (Lipinski definition) is 8. The van der Waals surface area contributed by atoms with Gasteiger partial charge in [-0.05, 0) is 6.42 Å². The highest BCUT2D eigenvalue weighted by molar-refractivity contribution is 8.21. The van der Waals surface area contributed by atoms with Crippen molar-refractivity contribution in [2.45, 2.75) is 49.2 Å². The average Bonchev–Trinajstić information content (AvgIpc) is 2.26. The number of rotatable bonds is 10. The molecule has 0 bridgehead atoms. The molecule has 0 aromatic carbocycles. The quantitative estimate of drug-likeness (QED) is 0.276. The van der Waals surface area contributed by atoms with Gasteiger partial charge in [0.05, 0.1) is 5.75 Å². The second kappa shape index (κ2) is 8.57. The molecule has 0 heterocycles. The summed E-state index contributed by atoms with van der Waals surface area (Å²) in [6.07, 6.45) is -11.5. The van der Waals surface area contributed by atoms with Crippen LogP contribution in [0, 0.1) is 0 Å². The molecule has 0 N–H and O–H groups in total. The molecule has 0 saturated carbocycles. The molecule has 0 spiro atoms. The summed E-state index contributed by atoms with van der Waals surface area (Å²) >= 11 is 0. The number of hydrogen-bond donors (Lipinski definition) is 0. The second-order valence-electron chi connectivity index (χ2n) is 4.76. The highest BCUT2D eigenvalue weighted by Gasteiger charge is 2.57. The van der Waals surface area contributed by atoms with Gasteiger partial charge in [-0.15, -0.1) is 26.3 Å². The highest BCUT2D eigenvalue weighted by atomic mass is 32.3. The summed E-state index contributed by atoms with van der Waals surface area (Å²) in [5, 5.41) is 0. The number of unbranched alkanes of at least 4 members (excludes halogenated alkanes) is 3. The molecule has 0 radical (unpaired) electrons. The number of alkyl halides is 6. The first-order valence-corrected chi connectivity index (χ1v) is 11.2. The van der Waals surface area contributed by atoms with E-state index in [9.17, 15) is 51.6 Å². The first kappa shape index (κ1) is 25.4. The van der Waals surface area contributed by atoms with E-state index in [1.807, 2.05) is 0 Å². The maximum atomic E-state index is 12.1. The molecule has 8 nitrogen and oxygen atoms in total. The van der Waals surface area contributed by atoms with Crippen molar-refractivity contribution >= 4 is 30.1 Å². The van der Waals surface area contributed by atoms with E-state index < -0.39 is 58.9 Å². The third kappa shape index (κ3) is 8.83. The van der Waals surface area contributed by atoms with Gasteiger partial charge in [-0.2, -0.15) is 25.2 Å². The van der Waals surface area contributed by atoms with E-state index in [-0.39, 0.29) is 6.42 Å². The van der Waals surface area contributed by atoms with Crippen LogP contribution in [0.25, 0.3) is 0 Å². The topological polar surface area (TPSA) is 121 Å². The fourth-order valence-corrected chi connectivity index (χ4v) is 8.23. The zero-order valence-electron chi connectivity index (χ0n) is 12.9. The van der Waals surface area contributed by atoms with Gasteiger partial charge in [-0.3, -0.25) is 0 Å². The van der Waals surface area contributed by atoms with Crippen molar-refractivity contribution in [3.63, 3.8) is 0 Å². The Hall–Kier alpha value is -0.650. The van der Waals surface area contributed by atoms with Crippen LogP contribution in [0.5, 0.6) is 0 Å². The molecular weight excluding hydrogens is 446 g/mol. The second-order valence-corrected chi connectivity index (χ2v) is 11.1. The minimum absolute atomic E-state index is 0.100. The van der Waals surface area contributed by atoms with Crippen molar-refractivity contribution in [1.29, 1.82) is 0 Å². The lowest BCUT2D eigenvalue weighted by Crippen LogP contribution is -2.44. The molecule has 0 aliphatic rings. The van der Waals surface area contributed by atoms with Crippen LogP contribution in [0.2, 0.25) is 0 Å². The molecule has 0 aromatic heterocycles. The van der Waals surface area contributed by atoms with E-state index in [1.165, 1.54) is 0 Å². The van der Waals surface area contributed by atoms with E-state index in [1.54, 1.807) is 6.92 Å². The van der Waals surface area contributed by atoms with Gasteiger partial charge in [-0.1, -0.05) is 26.2 Å². The first-order valence-electron chi connectivity index (χ1n) is 6.58. The number of sulfone groups is 1. The lowest BCUT2D eigenvalue weighted by molar-refractivity contribution is -0.272. The normalized spacial score (nSPS) is 14.8. The minimum Gasteiger partial charge on any atom is -0.226 e. The van der Waals surface area contributed by atoms with Crippen LogP contribution in [0.4, 0.5) is 26.3 Å². The molecule has 0 aromatic rings. The lowest BCUT2D eigenvalue weighted by Gasteiger charge is -2.19. The van der Waals surface area contributed by atoms with E-state index in [2.05, 4.69) is 8.37 Å². The molecule has 0 rings (SSSR count). The monoisotopic (exact) mass is 460 g/mol. The van der Waals surface area contributed by atoms with Crippen LogP contribution in [0.15, 0.2) is 0 Å². The molecule has 158 valence electrons. The summed E-state index contributed by atoms with van der Waals surface area (Å²) in [4.78, 5) is 0. The zero-order valence-corrected chi connectivity index (χ0v) is 15.3. The fourth-order valence-electron chi connectivity index (χ4n) is 1.67. The Labute approximate surface area is 145 Å². The van der Waals surface area contributed by atoms with Gasteiger partial charge in [0.2, 0.25) is 0 Å². The van der Waals surface area contributed by atoms with Crippen LogP contribution < -0.4 is 0 Å². The Balaban J connectivity index is 6.06. The predicted octanol–water partition coefficient (Wildman–Crippen LogP) is 2.00. The van der Waals surface area contributed by atoms with Gasteiger partial charge in [0.25, 0.3) is 0 Å². The summed E-state index contributed by atoms with van der Waals surface area (Å²) in [5.41, 5.74) is 0.